The number of benzene rings is 1. The first-order valence-electron chi connectivity index (χ1n) is 8.68. The summed E-state index contributed by atoms with van der Waals surface area (Å²) >= 11 is 0. The van der Waals surface area contributed by atoms with Gasteiger partial charge in [0.2, 0.25) is 0 Å². The molecule has 1 aliphatic heterocycles. The molecule has 0 unspecified atom stereocenters. The van der Waals surface area contributed by atoms with E-state index in [1.54, 1.807) is 11.2 Å². The maximum absolute atomic E-state index is 12.9. The van der Waals surface area contributed by atoms with E-state index in [0.29, 0.717) is 32.0 Å². The second kappa shape index (κ2) is 7.16. The van der Waals surface area contributed by atoms with Crippen LogP contribution in [0.2, 0.25) is 0 Å². The highest BCUT2D eigenvalue weighted by Gasteiger charge is 2.34. The average molecular weight is 383 g/mol. The van der Waals surface area contributed by atoms with Gasteiger partial charge in [-0.05, 0) is 38.8 Å². The quantitative estimate of drug-likeness (QED) is 0.585. The van der Waals surface area contributed by atoms with Gasteiger partial charge >= 0.3 is 6.18 Å². The van der Waals surface area contributed by atoms with Crippen molar-refractivity contribution < 1.29 is 18.1 Å². The van der Waals surface area contributed by atoms with Gasteiger partial charge in [0.05, 0.1) is 10.5 Å². The van der Waals surface area contributed by atoms with Crippen LogP contribution in [-0.4, -0.2) is 32.8 Å². The van der Waals surface area contributed by atoms with Gasteiger partial charge in [-0.3, -0.25) is 10.1 Å². The summed E-state index contributed by atoms with van der Waals surface area (Å²) in [5.41, 5.74) is -1.32. The summed E-state index contributed by atoms with van der Waals surface area (Å²) in [6, 6.07) is 2.92. The maximum atomic E-state index is 12.9. The number of nitro benzene ring substituents is 1. The Bertz CT molecular complexity index is 826. The number of piperidine rings is 1. The van der Waals surface area contributed by atoms with Crippen molar-refractivity contribution in [3.63, 3.8) is 0 Å². The lowest BCUT2D eigenvalue weighted by atomic mass is 9.95. The molecule has 0 N–H and O–H groups in total. The topological polar surface area (TPSA) is 77.1 Å². The van der Waals surface area contributed by atoms with E-state index in [1.807, 2.05) is 18.4 Å². The molecule has 27 heavy (non-hydrogen) atoms. The number of halogens is 3. The Morgan fingerprint density at radius 1 is 1.26 bits per heavy atom. The SMILES string of the molecule is CC(C)n1cnnc1C1CCN(c2ccc(C(F)(F)F)cc2[N+](=O)[O-])CC1. The van der Waals surface area contributed by atoms with Crippen molar-refractivity contribution >= 4 is 11.4 Å². The third-order valence-corrected chi connectivity index (χ3v) is 4.86. The second-order valence-corrected chi connectivity index (χ2v) is 6.91. The van der Waals surface area contributed by atoms with Crippen LogP contribution in [0.5, 0.6) is 0 Å². The second-order valence-electron chi connectivity index (χ2n) is 6.91. The van der Waals surface area contributed by atoms with Gasteiger partial charge in [0.25, 0.3) is 5.69 Å². The lowest BCUT2D eigenvalue weighted by molar-refractivity contribution is -0.384. The van der Waals surface area contributed by atoms with E-state index in [-0.39, 0.29) is 17.6 Å². The van der Waals surface area contributed by atoms with Crippen molar-refractivity contribution in [2.24, 2.45) is 0 Å². The standard InChI is InChI=1S/C17H20F3N5O2/c1-11(2)24-10-21-22-16(24)12-5-7-23(8-6-12)14-4-3-13(17(18,19)20)9-15(14)25(26)27/h3-4,9-12H,5-8H2,1-2H3. The fraction of sp³-hybridized carbons (Fsp3) is 0.529. The van der Waals surface area contributed by atoms with Crippen LogP contribution in [0.25, 0.3) is 0 Å². The molecule has 7 nitrogen and oxygen atoms in total. The zero-order chi connectivity index (χ0) is 19.8. The Labute approximate surface area is 154 Å². The Morgan fingerprint density at radius 3 is 2.48 bits per heavy atom. The van der Waals surface area contributed by atoms with Crippen LogP contribution in [-0.2, 0) is 6.18 Å². The van der Waals surface area contributed by atoms with Crippen LogP contribution in [0.15, 0.2) is 24.5 Å². The number of hydrogen-bond donors (Lipinski definition) is 0. The largest absolute Gasteiger partial charge is 0.416 e. The van der Waals surface area contributed by atoms with Crippen molar-refractivity contribution in [1.82, 2.24) is 14.8 Å². The molecule has 0 bridgehead atoms. The van der Waals surface area contributed by atoms with Crippen LogP contribution >= 0.6 is 0 Å². The Morgan fingerprint density at radius 2 is 1.93 bits per heavy atom. The van der Waals surface area contributed by atoms with E-state index in [4.69, 9.17) is 0 Å². The van der Waals surface area contributed by atoms with Crippen molar-refractivity contribution in [2.75, 3.05) is 18.0 Å². The molecule has 10 heteroatoms. The molecule has 2 aromatic rings. The van der Waals surface area contributed by atoms with Gasteiger partial charge in [-0.1, -0.05) is 0 Å². The lowest BCUT2D eigenvalue weighted by Gasteiger charge is -2.33. The first-order valence-corrected chi connectivity index (χ1v) is 8.68. The minimum atomic E-state index is -4.61. The molecule has 0 aliphatic carbocycles. The molecule has 2 heterocycles. The van der Waals surface area contributed by atoms with Crippen LogP contribution in [0.4, 0.5) is 24.5 Å². The number of aromatic nitrogens is 3. The molecule has 0 radical (unpaired) electrons. The molecule has 3 rings (SSSR count). The first kappa shape index (κ1) is 19.1. The van der Waals surface area contributed by atoms with Crippen LogP contribution < -0.4 is 4.90 Å². The number of alkyl halides is 3. The number of hydrogen-bond acceptors (Lipinski definition) is 5. The minimum Gasteiger partial charge on any atom is -0.366 e. The van der Waals surface area contributed by atoms with E-state index in [1.165, 1.54) is 6.07 Å². The van der Waals surface area contributed by atoms with Gasteiger partial charge in [-0.15, -0.1) is 10.2 Å². The molecule has 0 amide bonds. The van der Waals surface area contributed by atoms with Gasteiger partial charge in [0.1, 0.15) is 17.8 Å². The van der Waals surface area contributed by atoms with Crippen molar-refractivity contribution in [3.8, 4) is 0 Å². The summed E-state index contributed by atoms with van der Waals surface area (Å²) in [7, 11) is 0. The summed E-state index contributed by atoms with van der Waals surface area (Å²) < 4.78 is 40.6. The lowest BCUT2D eigenvalue weighted by Crippen LogP contribution is -2.34. The molecule has 1 saturated heterocycles. The van der Waals surface area contributed by atoms with Crippen LogP contribution in [0, 0.1) is 10.1 Å². The molecule has 0 spiro atoms. The van der Waals surface area contributed by atoms with Gasteiger partial charge in [0, 0.05) is 31.1 Å². The Hall–Kier alpha value is -2.65. The molecule has 0 saturated carbocycles. The molecule has 1 fully saturated rings. The first-order chi connectivity index (χ1) is 12.7. The van der Waals surface area contributed by atoms with E-state index in [2.05, 4.69) is 10.2 Å². The van der Waals surface area contributed by atoms with E-state index >= 15 is 0 Å². The van der Waals surface area contributed by atoms with Crippen molar-refractivity contribution in [2.45, 2.75) is 44.8 Å². The van der Waals surface area contributed by atoms with Crippen LogP contribution in [0.3, 0.4) is 0 Å². The number of nitrogens with zero attached hydrogens (tertiary/aromatic N) is 5. The molecule has 0 atom stereocenters. The third-order valence-electron chi connectivity index (χ3n) is 4.86. The van der Waals surface area contributed by atoms with Crippen molar-refractivity contribution in [3.05, 3.63) is 46.0 Å². The molecule has 1 aromatic carbocycles. The fourth-order valence-corrected chi connectivity index (χ4v) is 3.43. The van der Waals surface area contributed by atoms with E-state index in [9.17, 15) is 23.3 Å². The molecule has 1 aromatic heterocycles. The average Bonchev–Trinajstić information content (AvgIpc) is 3.10. The van der Waals surface area contributed by atoms with Crippen LogP contribution in [0.1, 0.15) is 50.0 Å². The van der Waals surface area contributed by atoms with Gasteiger partial charge in [-0.25, -0.2) is 0 Å². The fourth-order valence-electron chi connectivity index (χ4n) is 3.43. The highest BCUT2D eigenvalue weighted by Crippen LogP contribution is 2.38. The molecule has 1 aliphatic rings. The predicted molar refractivity (Wildman–Crippen MR) is 92.7 cm³/mol. The number of nitro groups is 1. The Kier molecular flexibility index (Phi) is 5.07. The molecular weight excluding hydrogens is 363 g/mol. The third kappa shape index (κ3) is 3.88. The molecular formula is C17H20F3N5O2. The Balaban J connectivity index is 1.80. The maximum Gasteiger partial charge on any atom is 0.416 e. The van der Waals surface area contributed by atoms with Crippen molar-refractivity contribution in [1.29, 1.82) is 0 Å². The normalized spacial score (nSPS) is 16.1. The number of rotatable bonds is 4. The van der Waals surface area contributed by atoms with E-state index in [0.717, 1.165) is 11.9 Å². The molecule has 146 valence electrons. The smallest absolute Gasteiger partial charge is 0.366 e. The minimum absolute atomic E-state index is 0.166. The van der Waals surface area contributed by atoms with Gasteiger partial charge < -0.3 is 9.47 Å². The zero-order valence-corrected chi connectivity index (χ0v) is 15.0. The summed E-state index contributed by atoms with van der Waals surface area (Å²) in [6.45, 7) is 5.07. The summed E-state index contributed by atoms with van der Waals surface area (Å²) in [5.74, 6) is 1.05. The summed E-state index contributed by atoms with van der Waals surface area (Å²) in [4.78, 5) is 12.3. The summed E-state index contributed by atoms with van der Waals surface area (Å²) in [5, 5.41) is 19.5. The van der Waals surface area contributed by atoms with Gasteiger partial charge in [-0.2, -0.15) is 13.2 Å². The highest BCUT2D eigenvalue weighted by atomic mass is 19.4. The van der Waals surface area contributed by atoms with Gasteiger partial charge in [0.15, 0.2) is 0 Å². The van der Waals surface area contributed by atoms with E-state index < -0.39 is 22.4 Å². The number of anilines is 1. The monoisotopic (exact) mass is 383 g/mol. The highest BCUT2D eigenvalue weighted by molar-refractivity contribution is 5.65. The summed E-state index contributed by atoms with van der Waals surface area (Å²) in [6.07, 6.45) is -1.53. The predicted octanol–water partition coefficient (Wildman–Crippen LogP) is 4.17. The zero-order valence-electron chi connectivity index (χ0n) is 15.0.